The van der Waals surface area contributed by atoms with Gasteiger partial charge in [-0.2, -0.15) is 12.6 Å². The summed E-state index contributed by atoms with van der Waals surface area (Å²) < 4.78 is 11.6. The van der Waals surface area contributed by atoms with Crippen molar-refractivity contribution in [2.75, 3.05) is 36.6 Å². The Morgan fingerprint density at radius 2 is 1.97 bits per heavy atom. The summed E-state index contributed by atoms with van der Waals surface area (Å²) in [7, 11) is 0. The number of anilines is 2. The molecule has 1 aromatic carbocycles. The van der Waals surface area contributed by atoms with Crippen LogP contribution in [0, 0.1) is 5.41 Å². The number of rotatable bonds is 4. The van der Waals surface area contributed by atoms with Crippen LogP contribution in [0.2, 0.25) is 0 Å². The second-order valence-electron chi connectivity index (χ2n) is 9.61. The van der Waals surface area contributed by atoms with Gasteiger partial charge in [0.15, 0.2) is 0 Å². The minimum atomic E-state index is 0.264. The Morgan fingerprint density at radius 3 is 2.74 bits per heavy atom. The molecule has 186 valence electrons. The summed E-state index contributed by atoms with van der Waals surface area (Å²) in [5.41, 5.74) is 12.6. The molecule has 5 rings (SSSR count). The van der Waals surface area contributed by atoms with Gasteiger partial charge < -0.3 is 20.1 Å². The summed E-state index contributed by atoms with van der Waals surface area (Å²) in [5, 5.41) is 0. The Bertz CT molecular complexity index is 1180. The summed E-state index contributed by atoms with van der Waals surface area (Å²) in [6.45, 7) is 9.24. The van der Waals surface area contributed by atoms with Crippen molar-refractivity contribution in [3.8, 4) is 22.8 Å². The summed E-state index contributed by atoms with van der Waals surface area (Å²) in [6, 6.07) is 8.18. The fourth-order valence-corrected chi connectivity index (χ4v) is 4.77. The number of aryl methyl sites for hydroxylation is 1. The van der Waals surface area contributed by atoms with Crippen LogP contribution < -0.4 is 20.1 Å². The molecule has 0 saturated carbocycles. The van der Waals surface area contributed by atoms with Crippen molar-refractivity contribution in [1.82, 2.24) is 15.0 Å². The van der Waals surface area contributed by atoms with Gasteiger partial charge in [-0.25, -0.2) is 15.0 Å². The Hall–Kier alpha value is -3.00. The highest BCUT2D eigenvalue weighted by Crippen LogP contribution is 2.39. The van der Waals surface area contributed by atoms with Crippen LogP contribution in [0.15, 0.2) is 36.8 Å². The average molecular weight is 494 g/mol. The van der Waals surface area contributed by atoms with E-state index in [0.717, 1.165) is 60.6 Å². The van der Waals surface area contributed by atoms with Crippen LogP contribution in [-0.4, -0.2) is 41.0 Å². The lowest BCUT2D eigenvalue weighted by Crippen LogP contribution is -2.31. The number of nitrogen functional groups attached to an aromatic ring is 1. The average Bonchev–Trinajstić information content (AvgIpc) is 3.07. The van der Waals surface area contributed by atoms with E-state index in [1.807, 2.05) is 19.1 Å². The number of hydrogen-bond acceptors (Lipinski definition) is 8. The molecular weight excluding hydrogens is 458 g/mol. The normalized spacial score (nSPS) is 16.1. The molecule has 1 aliphatic heterocycles. The van der Waals surface area contributed by atoms with Crippen LogP contribution in [0.4, 0.5) is 11.5 Å². The predicted octanol–water partition coefficient (Wildman–Crippen LogP) is 4.98. The molecule has 35 heavy (non-hydrogen) atoms. The molecule has 8 heteroatoms. The van der Waals surface area contributed by atoms with Crippen molar-refractivity contribution in [1.29, 1.82) is 0 Å². The van der Waals surface area contributed by atoms with Crippen molar-refractivity contribution in [3.05, 3.63) is 53.6 Å². The van der Waals surface area contributed by atoms with Gasteiger partial charge in [-0.05, 0) is 61.6 Å². The molecule has 3 heterocycles. The number of pyridine rings is 1. The van der Waals surface area contributed by atoms with Gasteiger partial charge >= 0.3 is 0 Å². The van der Waals surface area contributed by atoms with E-state index in [2.05, 4.69) is 53.5 Å². The highest BCUT2D eigenvalue weighted by molar-refractivity contribution is 7.79. The first-order valence-electron chi connectivity index (χ1n) is 12.1. The quantitative estimate of drug-likeness (QED) is 0.496. The molecule has 3 aromatic rings. The molecule has 0 amide bonds. The maximum absolute atomic E-state index is 6.16. The summed E-state index contributed by atoms with van der Waals surface area (Å²) in [6.07, 6.45) is 8.38. The molecule has 0 unspecified atom stereocenters. The van der Waals surface area contributed by atoms with E-state index in [4.69, 9.17) is 20.2 Å². The van der Waals surface area contributed by atoms with E-state index in [0.29, 0.717) is 24.8 Å². The second-order valence-corrected chi connectivity index (χ2v) is 9.61. The minimum Gasteiger partial charge on any atom is -0.491 e. The van der Waals surface area contributed by atoms with Crippen molar-refractivity contribution in [2.45, 2.75) is 46.6 Å². The third-order valence-electron chi connectivity index (χ3n) is 6.54. The standard InChI is InChI=1S/C26H31N5O2.CH4S/c1-4-32-25-21(27)12-18(14-28-25)17-5-6-23-19(11-17)15-31(9-10-33-23)24-20-13-26(2,3)8-7-22(20)29-16-30-24;1-2/h5-6,11-12,14,16H,4,7-10,13,15,27H2,1-3H3;2H,1H3. The minimum absolute atomic E-state index is 0.264. The van der Waals surface area contributed by atoms with Gasteiger partial charge in [-0.15, -0.1) is 0 Å². The van der Waals surface area contributed by atoms with Crippen LogP contribution in [-0.2, 0) is 19.4 Å². The lowest BCUT2D eigenvalue weighted by molar-refractivity contribution is 0.310. The number of thiol groups is 1. The SMILES string of the molecule is CCOc1ncc(-c2ccc3c(c2)CN(c2ncnc4c2CC(C)(C)CC4)CCO3)cc1N.CS. The number of hydrogen-bond donors (Lipinski definition) is 2. The molecule has 2 aromatic heterocycles. The molecule has 0 saturated heterocycles. The lowest BCUT2D eigenvalue weighted by Gasteiger charge is -2.33. The molecule has 1 aliphatic carbocycles. The fourth-order valence-electron chi connectivity index (χ4n) is 4.77. The maximum Gasteiger partial charge on any atom is 0.237 e. The van der Waals surface area contributed by atoms with Crippen LogP contribution in [0.1, 0.15) is 44.0 Å². The molecule has 2 N–H and O–H groups in total. The molecule has 0 bridgehead atoms. The fraction of sp³-hybridized carbons (Fsp3) is 0.444. The zero-order valence-corrected chi connectivity index (χ0v) is 21.9. The van der Waals surface area contributed by atoms with E-state index in [1.165, 1.54) is 11.3 Å². The van der Waals surface area contributed by atoms with Gasteiger partial charge in [0.1, 0.15) is 24.5 Å². The number of ether oxygens (including phenoxy) is 2. The van der Waals surface area contributed by atoms with Crippen molar-refractivity contribution in [3.63, 3.8) is 0 Å². The molecule has 0 fully saturated rings. The number of nitrogens with zero attached hydrogens (tertiary/aromatic N) is 4. The van der Waals surface area contributed by atoms with Gasteiger partial charge in [0.05, 0.1) is 18.8 Å². The van der Waals surface area contributed by atoms with Gasteiger partial charge in [0.25, 0.3) is 0 Å². The van der Waals surface area contributed by atoms with Crippen LogP contribution in [0.25, 0.3) is 11.1 Å². The highest BCUT2D eigenvalue weighted by Gasteiger charge is 2.30. The smallest absolute Gasteiger partial charge is 0.237 e. The molecule has 0 radical (unpaired) electrons. The Labute approximate surface area is 213 Å². The van der Waals surface area contributed by atoms with E-state index < -0.39 is 0 Å². The summed E-state index contributed by atoms with van der Waals surface area (Å²) in [4.78, 5) is 16.1. The lowest BCUT2D eigenvalue weighted by atomic mass is 9.76. The zero-order chi connectivity index (χ0) is 25.0. The topological polar surface area (TPSA) is 86.4 Å². The number of fused-ring (bicyclic) bond motifs is 2. The highest BCUT2D eigenvalue weighted by atomic mass is 32.1. The first-order chi connectivity index (χ1) is 16.9. The first kappa shape index (κ1) is 25.1. The largest absolute Gasteiger partial charge is 0.491 e. The molecule has 0 spiro atoms. The first-order valence-corrected chi connectivity index (χ1v) is 13.0. The van der Waals surface area contributed by atoms with Crippen molar-refractivity contribution < 1.29 is 9.47 Å². The zero-order valence-electron chi connectivity index (χ0n) is 21.0. The molecule has 0 atom stereocenters. The van der Waals surface area contributed by atoms with Crippen LogP contribution >= 0.6 is 12.6 Å². The second kappa shape index (κ2) is 10.7. The molecule has 2 aliphatic rings. The van der Waals surface area contributed by atoms with Gasteiger partial charge in [-0.1, -0.05) is 19.9 Å². The van der Waals surface area contributed by atoms with Gasteiger partial charge in [0, 0.05) is 35.1 Å². The van der Waals surface area contributed by atoms with E-state index in [1.54, 1.807) is 18.8 Å². The van der Waals surface area contributed by atoms with E-state index in [-0.39, 0.29) is 5.41 Å². The predicted molar refractivity (Wildman–Crippen MR) is 145 cm³/mol. The Balaban J connectivity index is 0.00000141. The Morgan fingerprint density at radius 1 is 1.14 bits per heavy atom. The van der Waals surface area contributed by atoms with Crippen molar-refractivity contribution in [2.24, 2.45) is 5.41 Å². The Kier molecular flexibility index (Phi) is 7.69. The maximum atomic E-state index is 6.16. The summed E-state index contributed by atoms with van der Waals surface area (Å²) >= 11 is 3.53. The molecule has 7 nitrogen and oxygen atoms in total. The van der Waals surface area contributed by atoms with Crippen LogP contribution in [0.3, 0.4) is 0 Å². The number of benzene rings is 1. The number of aromatic nitrogens is 3. The molecular formula is C27H35N5O2S. The van der Waals surface area contributed by atoms with Gasteiger partial charge in [-0.3, -0.25) is 0 Å². The van der Waals surface area contributed by atoms with E-state index >= 15 is 0 Å². The van der Waals surface area contributed by atoms with Crippen molar-refractivity contribution >= 4 is 24.1 Å². The number of nitrogens with two attached hydrogens (primary N) is 1. The monoisotopic (exact) mass is 493 g/mol. The summed E-state index contributed by atoms with van der Waals surface area (Å²) in [5.74, 6) is 2.43. The van der Waals surface area contributed by atoms with E-state index in [9.17, 15) is 0 Å². The van der Waals surface area contributed by atoms with Gasteiger partial charge in [0.2, 0.25) is 5.88 Å². The third-order valence-corrected chi connectivity index (χ3v) is 6.54. The van der Waals surface area contributed by atoms with Crippen LogP contribution in [0.5, 0.6) is 11.6 Å². The third kappa shape index (κ3) is 5.48.